The quantitative estimate of drug-likeness (QED) is 0.746. The Morgan fingerprint density at radius 2 is 1.90 bits per heavy atom. The monoisotopic (exact) mass is 401 g/mol. The lowest BCUT2D eigenvalue weighted by Gasteiger charge is -2.23. The molecule has 0 bridgehead atoms. The molecule has 2 N–H and O–H groups in total. The number of amides is 1. The van der Waals surface area contributed by atoms with Gasteiger partial charge in [0, 0.05) is 15.9 Å². The highest BCUT2D eigenvalue weighted by Crippen LogP contribution is 2.24. The molecule has 21 heavy (non-hydrogen) atoms. The zero-order valence-electron chi connectivity index (χ0n) is 11.8. The molecule has 1 aliphatic carbocycles. The minimum atomic E-state index is -0.973. The van der Waals surface area contributed by atoms with Crippen molar-refractivity contribution in [3.8, 4) is 0 Å². The zero-order chi connectivity index (χ0) is 15.2. The highest BCUT2D eigenvalue weighted by atomic mass is 127. The first-order chi connectivity index (χ1) is 10.1. The van der Waals surface area contributed by atoms with E-state index in [2.05, 4.69) is 27.9 Å². The minimum Gasteiger partial charge on any atom is -0.480 e. The predicted molar refractivity (Wildman–Crippen MR) is 89.0 cm³/mol. The fourth-order valence-electron chi connectivity index (χ4n) is 2.74. The fraction of sp³-hybridized carbons (Fsp3) is 0.500. The SMILES string of the molecule is O=C(N[C@H](Cc1ccccc1I)C(=O)O)C1CCCCC1. The molecule has 0 saturated heterocycles. The van der Waals surface area contributed by atoms with Crippen LogP contribution < -0.4 is 5.32 Å². The first-order valence-corrected chi connectivity index (χ1v) is 8.42. The Bertz CT molecular complexity index is 512. The zero-order valence-corrected chi connectivity index (χ0v) is 14.0. The molecule has 0 aromatic heterocycles. The van der Waals surface area contributed by atoms with Crippen LogP contribution in [0.2, 0.25) is 0 Å². The largest absolute Gasteiger partial charge is 0.480 e. The third-order valence-corrected chi connectivity index (χ3v) is 5.02. The first-order valence-electron chi connectivity index (χ1n) is 7.34. The van der Waals surface area contributed by atoms with Crippen molar-refractivity contribution in [3.63, 3.8) is 0 Å². The van der Waals surface area contributed by atoms with E-state index in [1.807, 2.05) is 24.3 Å². The number of hydrogen-bond acceptors (Lipinski definition) is 2. The first kappa shape index (κ1) is 16.3. The summed E-state index contributed by atoms with van der Waals surface area (Å²) in [6.07, 6.45) is 5.38. The van der Waals surface area contributed by atoms with E-state index < -0.39 is 12.0 Å². The van der Waals surface area contributed by atoms with E-state index in [4.69, 9.17) is 0 Å². The molecule has 0 heterocycles. The van der Waals surface area contributed by atoms with Crippen LogP contribution in [0.1, 0.15) is 37.7 Å². The van der Waals surface area contributed by atoms with Gasteiger partial charge >= 0.3 is 5.97 Å². The van der Waals surface area contributed by atoms with Gasteiger partial charge in [0.15, 0.2) is 0 Å². The van der Waals surface area contributed by atoms with Crippen molar-refractivity contribution in [1.29, 1.82) is 0 Å². The maximum atomic E-state index is 12.2. The Hall–Kier alpha value is -1.11. The molecule has 0 aliphatic heterocycles. The summed E-state index contributed by atoms with van der Waals surface area (Å²) in [6.45, 7) is 0. The van der Waals surface area contributed by atoms with Crippen LogP contribution in [0.15, 0.2) is 24.3 Å². The van der Waals surface area contributed by atoms with E-state index in [0.717, 1.165) is 34.8 Å². The van der Waals surface area contributed by atoms with Crippen molar-refractivity contribution in [2.45, 2.75) is 44.6 Å². The standard InChI is InChI=1S/C16H20INO3/c17-13-9-5-4-8-12(13)10-14(16(20)21)18-15(19)11-6-2-1-3-7-11/h4-5,8-9,11,14H,1-3,6-7,10H2,(H,18,19)(H,20,21)/t14-/m1/s1. The summed E-state index contributed by atoms with van der Waals surface area (Å²) < 4.78 is 1.02. The van der Waals surface area contributed by atoms with Crippen molar-refractivity contribution in [2.75, 3.05) is 0 Å². The average Bonchev–Trinajstić information content (AvgIpc) is 2.49. The van der Waals surface area contributed by atoms with Gasteiger partial charge in [-0.2, -0.15) is 0 Å². The predicted octanol–water partition coefficient (Wildman–Crippen LogP) is 2.98. The maximum Gasteiger partial charge on any atom is 0.326 e. The van der Waals surface area contributed by atoms with Gasteiger partial charge in [-0.05, 0) is 47.1 Å². The van der Waals surface area contributed by atoms with Crippen LogP contribution in [-0.2, 0) is 16.0 Å². The van der Waals surface area contributed by atoms with Crippen LogP contribution in [-0.4, -0.2) is 23.0 Å². The minimum absolute atomic E-state index is 0.0181. The van der Waals surface area contributed by atoms with Crippen LogP contribution in [0.25, 0.3) is 0 Å². The Labute approximate surface area is 138 Å². The van der Waals surface area contributed by atoms with Crippen LogP contribution in [0, 0.1) is 9.49 Å². The average molecular weight is 401 g/mol. The molecule has 2 rings (SSSR count). The summed E-state index contributed by atoms with van der Waals surface area (Å²) in [5.41, 5.74) is 0.953. The van der Waals surface area contributed by atoms with Crippen molar-refractivity contribution in [3.05, 3.63) is 33.4 Å². The van der Waals surface area contributed by atoms with Crippen LogP contribution in [0.4, 0.5) is 0 Å². The van der Waals surface area contributed by atoms with Gasteiger partial charge in [0.05, 0.1) is 0 Å². The third kappa shape index (κ3) is 4.69. The van der Waals surface area contributed by atoms with Gasteiger partial charge in [0.2, 0.25) is 5.91 Å². The molecule has 0 spiro atoms. The highest BCUT2D eigenvalue weighted by molar-refractivity contribution is 14.1. The van der Waals surface area contributed by atoms with Gasteiger partial charge in [0.1, 0.15) is 6.04 Å². The molecule has 0 radical (unpaired) electrons. The van der Waals surface area contributed by atoms with Gasteiger partial charge in [-0.3, -0.25) is 4.79 Å². The van der Waals surface area contributed by atoms with Gasteiger partial charge in [0.25, 0.3) is 0 Å². The molecule has 1 atom stereocenters. The molecular weight excluding hydrogens is 381 g/mol. The number of carboxylic acids is 1. The van der Waals surface area contributed by atoms with E-state index in [-0.39, 0.29) is 11.8 Å². The lowest BCUT2D eigenvalue weighted by Crippen LogP contribution is -2.45. The number of rotatable bonds is 5. The number of nitrogens with one attached hydrogen (secondary N) is 1. The van der Waals surface area contributed by atoms with E-state index in [1.54, 1.807) is 0 Å². The summed E-state index contributed by atoms with van der Waals surface area (Å²) in [5.74, 6) is -1.10. The van der Waals surface area contributed by atoms with E-state index in [1.165, 1.54) is 6.42 Å². The number of halogens is 1. The molecule has 1 aromatic carbocycles. The molecule has 1 fully saturated rings. The number of aliphatic carboxylic acids is 1. The number of carbonyl (C=O) groups excluding carboxylic acids is 1. The van der Waals surface area contributed by atoms with Crippen LogP contribution in [0.3, 0.4) is 0 Å². The Morgan fingerprint density at radius 3 is 2.52 bits per heavy atom. The summed E-state index contributed by atoms with van der Waals surface area (Å²) in [7, 11) is 0. The van der Waals surface area contributed by atoms with Gasteiger partial charge < -0.3 is 10.4 Å². The summed E-state index contributed by atoms with van der Waals surface area (Å²) in [6, 6.07) is 6.80. The topological polar surface area (TPSA) is 66.4 Å². The third-order valence-electron chi connectivity index (χ3n) is 3.97. The van der Waals surface area contributed by atoms with Gasteiger partial charge in [-0.15, -0.1) is 0 Å². The van der Waals surface area contributed by atoms with Gasteiger partial charge in [-0.1, -0.05) is 37.5 Å². The molecule has 1 aromatic rings. The molecule has 5 heteroatoms. The Balaban J connectivity index is 2.00. The van der Waals surface area contributed by atoms with Crippen molar-refractivity contribution >= 4 is 34.5 Å². The molecule has 0 unspecified atom stereocenters. The normalized spacial score (nSPS) is 17.2. The van der Waals surface area contributed by atoms with E-state index in [0.29, 0.717) is 6.42 Å². The molecule has 1 aliphatic rings. The summed E-state index contributed by atoms with van der Waals surface area (Å²) in [5, 5.41) is 12.1. The number of carbonyl (C=O) groups is 2. The van der Waals surface area contributed by atoms with Crippen LogP contribution in [0.5, 0.6) is 0 Å². The molecule has 4 nitrogen and oxygen atoms in total. The highest BCUT2D eigenvalue weighted by Gasteiger charge is 2.26. The Kier molecular flexibility index (Phi) is 6.02. The molecule has 1 saturated carbocycles. The van der Waals surface area contributed by atoms with Gasteiger partial charge in [-0.25, -0.2) is 4.79 Å². The molecular formula is C16H20INO3. The number of hydrogen-bond donors (Lipinski definition) is 2. The Morgan fingerprint density at radius 1 is 1.24 bits per heavy atom. The fourth-order valence-corrected chi connectivity index (χ4v) is 3.35. The number of benzene rings is 1. The summed E-state index contributed by atoms with van der Waals surface area (Å²) in [4.78, 5) is 23.6. The molecule has 114 valence electrons. The second-order valence-corrected chi connectivity index (χ2v) is 6.69. The second kappa shape index (κ2) is 7.77. The molecule has 1 amide bonds. The van der Waals surface area contributed by atoms with E-state index >= 15 is 0 Å². The van der Waals surface area contributed by atoms with Crippen LogP contribution >= 0.6 is 22.6 Å². The van der Waals surface area contributed by atoms with Crippen molar-refractivity contribution in [1.82, 2.24) is 5.32 Å². The van der Waals surface area contributed by atoms with E-state index in [9.17, 15) is 14.7 Å². The number of carboxylic acid groups (broad SMARTS) is 1. The summed E-state index contributed by atoms with van der Waals surface area (Å²) >= 11 is 2.19. The van der Waals surface area contributed by atoms with Crippen molar-refractivity contribution < 1.29 is 14.7 Å². The second-order valence-electron chi connectivity index (χ2n) is 5.53. The lowest BCUT2D eigenvalue weighted by molar-refractivity contribution is -0.142. The maximum absolute atomic E-state index is 12.2. The van der Waals surface area contributed by atoms with Crippen molar-refractivity contribution in [2.24, 2.45) is 5.92 Å². The lowest BCUT2D eigenvalue weighted by atomic mass is 9.88. The smallest absolute Gasteiger partial charge is 0.326 e.